The van der Waals surface area contributed by atoms with E-state index in [0.29, 0.717) is 11.4 Å². The second kappa shape index (κ2) is 4.93. The number of aromatic nitrogens is 2. The Morgan fingerprint density at radius 2 is 1.94 bits per heavy atom. The Balaban J connectivity index is 2.13. The molecule has 18 heavy (non-hydrogen) atoms. The van der Waals surface area contributed by atoms with E-state index in [1.54, 1.807) is 24.3 Å². The average molecular weight is 240 g/mol. The minimum Gasteiger partial charge on any atom is -0.476 e. The number of nitrogens with one attached hydrogen (secondary N) is 1. The first-order valence-electron chi connectivity index (χ1n) is 5.01. The molecule has 6 nitrogen and oxygen atoms in total. The van der Waals surface area contributed by atoms with Crippen LogP contribution in [0.5, 0.6) is 0 Å². The lowest BCUT2D eigenvalue weighted by molar-refractivity contribution is 0.0690. The van der Waals surface area contributed by atoms with Crippen molar-refractivity contribution in [2.24, 2.45) is 0 Å². The van der Waals surface area contributed by atoms with Crippen molar-refractivity contribution in [3.8, 4) is 6.07 Å². The van der Waals surface area contributed by atoms with Crippen LogP contribution in [0.15, 0.2) is 36.7 Å². The van der Waals surface area contributed by atoms with Crippen molar-refractivity contribution in [1.82, 2.24) is 9.97 Å². The smallest absolute Gasteiger partial charge is 0.356 e. The molecule has 0 unspecified atom stereocenters. The van der Waals surface area contributed by atoms with Gasteiger partial charge in [-0.05, 0) is 24.3 Å². The fourth-order valence-electron chi connectivity index (χ4n) is 1.28. The number of benzene rings is 1. The summed E-state index contributed by atoms with van der Waals surface area (Å²) in [7, 11) is 0. The van der Waals surface area contributed by atoms with Gasteiger partial charge in [0.25, 0.3) is 0 Å². The molecule has 6 heteroatoms. The molecule has 0 bridgehead atoms. The molecule has 2 rings (SSSR count). The SMILES string of the molecule is N#Cc1ccc(Nc2cnc(C(=O)O)cn2)cc1. The number of hydrogen-bond donors (Lipinski definition) is 2. The number of carbonyl (C=O) groups is 1. The van der Waals surface area contributed by atoms with Crippen LogP contribution >= 0.6 is 0 Å². The highest BCUT2D eigenvalue weighted by Crippen LogP contribution is 2.14. The zero-order valence-electron chi connectivity index (χ0n) is 9.16. The van der Waals surface area contributed by atoms with E-state index in [0.717, 1.165) is 5.69 Å². The van der Waals surface area contributed by atoms with Crippen LogP contribution in [0.25, 0.3) is 0 Å². The molecule has 0 atom stereocenters. The van der Waals surface area contributed by atoms with Gasteiger partial charge < -0.3 is 10.4 Å². The average Bonchev–Trinajstić information content (AvgIpc) is 2.40. The van der Waals surface area contributed by atoms with Gasteiger partial charge in [-0.25, -0.2) is 14.8 Å². The number of carboxylic acids is 1. The number of anilines is 2. The van der Waals surface area contributed by atoms with Gasteiger partial charge in [-0.15, -0.1) is 0 Å². The van der Waals surface area contributed by atoms with Gasteiger partial charge in [-0.1, -0.05) is 0 Å². The van der Waals surface area contributed by atoms with E-state index in [2.05, 4.69) is 15.3 Å². The molecule has 88 valence electrons. The Morgan fingerprint density at radius 1 is 1.22 bits per heavy atom. The molecule has 2 N–H and O–H groups in total. The molecule has 0 saturated heterocycles. The van der Waals surface area contributed by atoms with Crippen molar-refractivity contribution in [1.29, 1.82) is 5.26 Å². The number of rotatable bonds is 3. The van der Waals surface area contributed by atoms with Crippen LogP contribution in [0.3, 0.4) is 0 Å². The highest BCUT2D eigenvalue weighted by Gasteiger charge is 2.04. The van der Waals surface area contributed by atoms with E-state index in [1.807, 2.05) is 6.07 Å². The molecule has 1 aromatic carbocycles. The van der Waals surface area contributed by atoms with E-state index >= 15 is 0 Å². The minimum absolute atomic E-state index is 0.111. The summed E-state index contributed by atoms with van der Waals surface area (Å²) in [5, 5.41) is 20.3. The first-order valence-corrected chi connectivity index (χ1v) is 5.01. The largest absolute Gasteiger partial charge is 0.476 e. The summed E-state index contributed by atoms with van der Waals surface area (Å²) in [4.78, 5) is 18.2. The lowest BCUT2D eigenvalue weighted by Gasteiger charge is -2.04. The van der Waals surface area contributed by atoms with Crippen molar-refractivity contribution in [3.63, 3.8) is 0 Å². The summed E-state index contributed by atoms with van der Waals surface area (Å²) in [5.41, 5.74) is 1.19. The standard InChI is InChI=1S/C12H8N4O2/c13-5-8-1-3-9(4-2-8)16-11-7-14-10(6-15-11)12(17)18/h1-4,6-7H,(H,15,16)(H,17,18). The molecular formula is C12H8N4O2. The van der Waals surface area contributed by atoms with Gasteiger partial charge in [0, 0.05) is 5.69 Å². The van der Waals surface area contributed by atoms with E-state index in [1.165, 1.54) is 12.4 Å². The molecule has 2 aromatic rings. The van der Waals surface area contributed by atoms with Gasteiger partial charge in [0.2, 0.25) is 0 Å². The fourth-order valence-corrected chi connectivity index (χ4v) is 1.28. The number of nitrogens with zero attached hydrogens (tertiary/aromatic N) is 3. The summed E-state index contributed by atoms with van der Waals surface area (Å²) in [6, 6.07) is 8.81. The number of hydrogen-bond acceptors (Lipinski definition) is 5. The summed E-state index contributed by atoms with van der Waals surface area (Å²) in [5.74, 6) is -0.683. The van der Waals surface area contributed by atoms with Crippen LogP contribution in [-0.2, 0) is 0 Å². The van der Waals surface area contributed by atoms with E-state index < -0.39 is 5.97 Å². The first kappa shape index (κ1) is 11.5. The predicted octanol–water partition coefficient (Wildman–Crippen LogP) is 1.79. The molecule has 1 aromatic heterocycles. The molecule has 0 aliphatic heterocycles. The van der Waals surface area contributed by atoms with Crippen molar-refractivity contribution in [3.05, 3.63) is 47.9 Å². The first-order chi connectivity index (χ1) is 8.69. The Kier molecular flexibility index (Phi) is 3.16. The lowest BCUT2D eigenvalue weighted by Crippen LogP contribution is -2.02. The summed E-state index contributed by atoms with van der Waals surface area (Å²) < 4.78 is 0. The van der Waals surface area contributed by atoms with Crippen molar-refractivity contribution >= 4 is 17.5 Å². The lowest BCUT2D eigenvalue weighted by atomic mass is 10.2. The minimum atomic E-state index is -1.12. The highest BCUT2D eigenvalue weighted by atomic mass is 16.4. The summed E-state index contributed by atoms with van der Waals surface area (Å²) in [6.45, 7) is 0. The molecule has 1 heterocycles. The monoisotopic (exact) mass is 240 g/mol. The Morgan fingerprint density at radius 3 is 2.44 bits per heavy atom. The van der Waals surface area contributed by atoms with E-state index in [-0.39, 0.29) is 5.69 Å². The quantitative estimate of drug-likeness (QED) is 0.848. The third kappa shape index (κ3) is 2.59. The predicted molar refractivity (Wildman–Crippen MR) is 63.4 cm³/mol. The maximum atomic E-state index is 10.6. The molecule has 0 aliphatic rings. The zero-order valence-corrected chi connectivity index (χ0v) is 9.16. The topological polar surface area (TPSA) is 98.9 Å². The maximum Gasteiger partial charge on any atom is 0.356 e. The molecule has 0 fully saturated rings. The van der Waals surface area contributed by atoms with Crippen molar-refractivity contribution in [2.45, 2.75) is 0 Å². The van der Waals surface area contributed by atoms with Crippen LogP contribution in [0.1, 0.15) is 16.1 Å². The van der Waals surface area contributed by atoms with Crippen LogP contribution in [-0.4, -0.2) is 21.0 Å². The molecular weight excluding hydrogens is 232 g/mol. The number of nitriles is 1. The van der Waals surface area contributed by atoms with Crippen molar-refractivity contribution < 1.29 is 9.90 Å². The Labute approximate surface area is 103 Å². The van der Waals surface area contributed by atoms with Crippen LogP contribution in [0.4, 0.5) is 11.5 Å². The van der Waals surface area contributed by atoms with Crippen LogP contribution in [0.2, 0.25) is 0 Å². The molecule has 0 spiro atoms. The summed E-state index contributed by atoms with van der Waals surface area (Å²) in [6.07, 6.45) is 2.51. The Bertz CT molecular complexity index is 599. The van der Waals surface area contributed by atoms with Gasteiger partial charge in [0.1, 0.15) is 5.82 Å². The van der Waals surface area contributed by atoms with Crippen LogP contribution in [0, 0.1) is 11.3 Å². The third-order valence-corrected chi connectivity index (χ3v) is 2.16. The van der Waals surface area contributed by atoms with Crippen LogP contribution < -0.4 is 5.32 Å². The van der Waals surface area contributed by atoms with E-state index in [9.17, 15) is 4.79 Å². The molecule has 0 saturated carbocycles. The third-order valence-electron chi connectivity index (χ3n) is 2.16. The number of carboxylic acid groups (broad SMARTS) is 1. The fraction of sp³-hybridized carbons (Fsp3) is 0. The zero-order chi connectivity index (χ0) is 13.0. The van der Waals surface area contributed by atoms with Gasteiger partial charge in [-0.3, -0.25) is 0 Å². The summed E-state index contributed by atoms with van der Waals surface area (Å²) >= 11 is 0. The van der Waals surface area contributed by atoms with Gasteiger partial charge >= 0.3 is 5.97 Å². The molecule has 0 amide bonds. The van der Waals surface area contributed by atoms with E-state index in [4.69, 9.17) is 10.4 Å². The highest BCUT2D eigenvalue weighted by molar-refractivity contribution is 5.85. The van der Waals surface area contributed by atoms with Gasteiger partial charge in [0.05, 0.1) is 24.0 Å². The normalized spacial score (nSPS) is 9.50. The molecule has 0 aliphatic carbocycles. The second-order valence-electron chi connectivity index (χ2n) is 3.41. The maximum absolute atomic E-state index is 10.6. The second-order valence-corrected chi connectivity index (χ2v) is 3.41. The Hall–Kier alpha value is -2.94. The van der Waals surface area contributed by atoms with Gasteiger partial charge in [0.15, 0.2) is 5.69 Å². The number of aromatic carboxylic acids is 1. The molecule has 0 radical (unpaired) electrons. The van der Waals surface area contributed by atoms with Crippen molar-refractivity contribution in [2.75, 3.05) is 5.32 Å². The van der Waals surface area contributed by atoms with Gasteiger partial charge in [-0.2, -0.15) is 5.26 Å².